The second-order valence-electron chi connectivity index (χ2n) is 4.05. The lowest BCUT2D eigenvalue weighted by Crippen LogP contribution is -2.09. The summed E-state index contributed by atoms with van der Waals surface area (Å²) in [6.45, 7) is 4.13. The minimum absolute atomic E-state index is 0.211. The lowest BCUT2D eigenvalue weighted by molar-refractivity contribution is -0.142. The molecule has 2 aromatic rings. The molecule has 0 aliphatic rings. The molecule has 0 N–H and O–H groups in total. The zero-order chi connectivity index (χ0) is 13.1. The number of hydrogen-bond donors (Lipinski definition) is 0. The van der Waals surface area contributed by atoms with Crippen LogP contribution in [0.5, 0.6) is 0 Å². The number of pyridine rings is 1. The van der Waals surface area contributed by atoms with E-state index in [4.69, 9.17) is 4.74 Å². The van der Waals surface area contributed by atoms with Crippen molar-refractivity contribution < 1.29 is 9.53 Å². The summed E-state index contributed by atoms with van der Waals surface area (Å²) in [5.74, 6) is -0.211. The van der Waals surface area contributed by atoms with Gasteiger partial charge in [0.2, 0.25) is 0 Å². The number of ether oxygens (including phenoxy) is 1. The number of halogens is 1. The topological polar surface area (TPSA) is 39.2 Å². The van der Waals surface area contributed by atoms with Gasteiger partial charge in [-0.2, -0.15) is 0 Å². The average Bonchev–Trinajstić information content (AvgIpc) is 2.31. The fraction of sp³-hybridized carbons (Fsp3) is 0.286. The molecule has 1 heterocycles. The third-order valence-electron chi connectivity index (χ3n) is 2.71. The summed E-state index contributed by atoms with van der Waals surface area (Å²) >= 11 is 3.43. The molecule has 0 radical (unpaired) electrons. The van der Waals surface area contributed by atoms with E-state index in [1.807, 2.05) is 31.2 Å². The maximum atomic E-state index is 11.5. The van der Waals surface area contributed by atoms with Crippen LogP contribution in [0.4, 0.5) is 0 Å². The van der Waals surface area contributed by atoms with Crippen LogP contribution < -0.4 is 0 Å². The first kappa shape index (κ1) is 13.0. The number of carbonyl (C=O) groups excluding carboxylic acids is 1. The molecule has 4 heteroatoms. The molecular weight excluding hydrogens is 294 g/mol. The van der Waals surface area contributed by atoms with E-state index in [0.29, 0.717) is 6.61 Å². The monoisotopic (exact) mass is 307 g/mol. The molecule has 0 saturated carbocycles. The molecule has 0 aliphatic carbocycles. The van der Waals surface area contributed by atoms with E-state index < -0.39 is 0 Å². The van der Waals surface area contributed by atoms with Gasteiger partial charge in [0.1, 0.15) is 0 Å². The van der Waals surface area contributed by atoms with E-state index in [9.17, 15) is 4.79 Å². The SMILES string of the molecule is CCOC(=O)Cc1cc2cc(Br)ccc2nc1C. The second kappa shape index (κ2) is 5.48. The van der Waals surface area contributed by atoms with Crippen LogP contribution in [-0.4, -0.2) is 17.6 Å². The van der Waals surface area contributed by atoms with Gasteiger partial charge in [-0.25, -0.2) is 0 Å². The van der Waals surface area contributed by atoms with E-state index >= 15 is 0 Å². The molecule has 0 unspecified atom stereocenters. The highest BCUT2D eigenvalue weighted by Gasteiger charge is 2.09. The molecular formula is C14H14BrNO2. The van der Waals surface area contributed by atoms with E-state index in [1.54, 1.807) is 6.92 Å². The predicted octanol–water partition coefficient (Wildman–Crippen LogP) is 3.41. The Bertz CT molecular complexity index is 596. The van der Waals surface area contributed by atoms with E-state index in [0.717, 1.165) is 26.6 Å². The van der Waals surface area contributed by atoms with Gasteiger partial charge in [0, 0.05) is 15.6 Å². The minimum atomic E-state index is -0.211. The lowest BCUT2D eigenvalue weighted by Gasteiger charge is -2.07. The van der Waals surface area contributed by atoms with Crippen LogP contribution in [0.15, 0.2) is 28.7 Å². The smallest absolute Gasteiger partial charge is 0.310 e. The Morgan fingerprint density at radius 2 is 2.17 bits per heavy atom. The van der Waals surface area contributed by atoms with Crippen molar-refractivity contribution in [1.82, 2.24) is 4.98 Å². The van der Waals surface area contributed by atoms with Crippen molar-refractivity contribution in [2.75, 3.05) is 6.61 Å². The van der Waals surface area contributed by atoms with E-state index in [1.165, 1.54) is 0 Å². The van der Waals surface area contributed by atoms with E-state index in [2.05, 4.69) is 20.9 Å². The summed E-state index contributed by atoms with van der Waals surface area (Å²) in [6.07, 6.45) is 0.273. The maximum Gasteiger partial charge on any atom is 0.310 e. The molecule has 0 spiro atoms. The molecule has 1 aromatic carbocycles. The Labute approximate surface area is 114 Å². The average molecular weight is 308 g/mol. The molecule has 94 valence electrons. The Kier molecular flexibility index (Phi) is 3.97. The standard InChI is InChI=1S/C14H14BrNO2/c1-3-18-14(17)8-10-6-11-7-12(15)4-5-13(11)16-9(10)2/h4-7H,3,8H2,1-2H3. The molecule has 3 nitrogen and oxygen atoms in total. The Morgan fingerprint density at radius 3 is 2.89 bits per heavy atom. The summed E-state index contributed by atoms with van der Waals surface area (Å²) in [6, 6.07) is 7.91. The summed E-state index contributed by atoms with van der Waals surface area (Å²) in [5, 5.41) is 1.02. The quantitative estimate of drug-likeness (QED) is 0.816. The number of hydrogen-bond acceptors (Lipinski definition) is 3. The van der Waals surface area contributed by atoms with Gasteiger partial charge < -0.3 is 4.74 Å². The molecule has 0 amide bonds. The van der Waals surface area contributed by atoms with Gasteiger partial charge in [-0.05, 0) is 43.7 Å². The summed E-state index contributed by atoms with van der Waals surface area (Å²) in [7, 11) is 0. The highest BCUT2D eigenvalue weighted by molar-refractivity contribution is 9.10. The molecule has 0 saturated heterocycles. The first-order valence-electron chi connectivity index (χ1n) is 5.81. The van der Waals surface area contributed by atoms with Gasteiger partial charge in [0.25, 0.3) is 0 Å². The van der Waals surface area contributed by atoms with Crippen LogP contribution >= 0.6 is 15.9 Å². The van der Waals surface area contributed by atoms with Gasteiger partial charge in [-0.1, -0.05) is 15.9 Å². The number of nitrogens with zero attached hydrogens (tertiary/aromatic N) is 1. The van der Waals surface area contributed by atoms with Crippen LogP contribution in [-0.2, 0) is 16.0 Å². The number of rotatable bonds is 3. The summed E-state index contributed by atoms with van der Waals surface area (Å²) in [4.78, 5) is 16.0. The second-order valence-corrected chi connectivity index (χ2v) is 4.97. The highest BCUT2D eigenvalue weighted by Crippen LogP contribution is 2.21. The zero-order valence-corrected chi connectivity index (χ0v) is 12.0. The van der Waals surface area contributed by atoms with Crippen LogP contribution in [0.1, 0.15) is 18.2 Å². The van der Waals surface area contributed by atoms with E-state index in [-0.39, 0.29) is 12.4 Å². The minimum Gasteiger partial charge on any atom is -0.466 e. The van der Waals surface area contributed by atoms with Crippen molar-refractivity contribution in [3.05, 3.63) is 40.0 Å². The van der Waals surface area contributed by atoms with Crippen molar-refractivity contribution >= 4 is 32.8 Å². The van der Waals surface area contributed by atoms with Gasteiger partial charge in [0.05, 0.1) is 18.5 Å². The third kappa shape index (κ3) is 2.88. The highest BCUT2D eigenvalue weighted by atomic mass is 79.9. The third-order valence-corrected chi connectivity index (χ3v) is 3.21. The first-order chi connectivity index (χ1) is 8.60. The molecule has 0 aliphatic heterocycles. The zero-order valence-electron chi connectivity index (χ0n) is 10.4. The molecule has 18 heavy (non-hydrogen) atoms. The molecule has 0 fully saturated rings. The number of aryl methyl sites for hydroxylation is 1. The first-order valence-corrected chi connectivity index (χ1v) is 6.61. The van der Waals surface area contributed by atoms with Gasteiger partial charge in [-0.3, -0.25) is 9.78 Å². The fourth-order valence-electron chi connectivity index (χ4n) is 1.83. The normalized spacial score (nSPS) is 10.6. The van der Waals surface area contributed by atoms with Crippen molar-refractivity contribution in [2.24, 2.45) is 0 Å². The fourth-order valence-corrected chi connectivity index (χ4v) is 2.21. The maximum absolute atomic E-state index is 11.5. The van der Waals surface area contributed by atoms with Crippen LogP contribution in [0.3, 0.4) is 0 Å². The molecule has 1 aromatic heterocycles. The van der Waals surface area contributed by atoms with Crippen molar-refractivity contribution in [3.63, 3.8) is 0 Å². The number of aromatic nitrogens is 1. The Morgan fingerprint density at radius 1 is 1.39 bits per heavy atom. The summed E-state index contributed by atoms with van der Waals surface area (Å²) in [5.41, 5.74) is 2.72. The Hall–Kier alpha value is -1.42. The van der Waals surface area contributed by atoms with Gasteiger partial charge in [-0.15, -0.1) is 0 Å². The molecule has 0 atom stereocenters. The van der Waals surface area contributed by atoms with Crippen molar-refractivity contribution in [1.29, 1.82) is 0 Å². The molecule has 0 bridgehead atoms. The van der Waals surface area contributed by atoms with Gasteiger partial charge in [0.15, 0.2) is 0 Å². The number of esters is 1. The Balaban J connectivity index is 2.38. The van der Waals surface area contributed by atoms with Crippen LogP contribution in [0.25, 0.3) is 10.9 Å². The lowest BCUT2D eigenvalue weighted by atomic mass is 10.1. The summed E-state index contributed by atoms with van der Waals surface area (Å²) < 4.78 is 5.96. The van der Waals surface area contributed by atoms with Gasteiger partial charge >= 0.3 is 5.97 Å². The number of benzene rings is 1. The van der Waals surface area contributed by atoms with Crippen molar-refractivity contribution in [3.8, 4) is 0 Å². The largest absolute Gasteiger partial charge is 0.466 e. The predicted molar refractivity (Wildman–Crippen MR) is 74.5 cm³/mol. The van der Waals surface area contributed by atoms with Crippen LogP contribution in [0, 0.1) is 6.92 Å². The number of fused-ring (bicyclic) bond motifs is 1. The number of carbonyl (C=O) groups is 1. The van der Waals surface area contributed by atoms with Crippen LogP contribution in [0.2, 0.25) is 0 Å². The van der Waals surface area contributed by atoms with Crippen molar-refractivity contribution in [2.45, 2.75) is 20.3 Å². The molecule has 2 rings (SSSR count).